The quantitative estimate of drug-likeness (QED) is 0.468. The molecule has 7 heteroatoms. The molecular weight excluding hydrogens is 391 g/mol. The van der Waals surface area contributed by atoms with Gasteiger partial charge in [0.2, 0.25) is 5.91 Å². The summed E-state index contributed by atoms with van der Waals surface area (Å²) in [7, 11) is 0. The van der Waals surface area contributed by atoms with Crippen LogP contribution in [-0.4, -0.2) is 5.91 Å². The maximum Gasteiger partial charge on any atom is 0.416 e. The first-order chi connectivity index (χ1) is 14.3. The van der Waals surface area contributed by atoms with Crippen LogP contribution >= 0.6 is 0 Å². The molecule has 162 valence electrons. The highest BCUT2D eigenvalue weighted by Gasteiger charge is 2.29. The molecular formula is C23H28F3N3O. The van der Waals surface area contributed by atoms with Gasteiger partial charge in [-0.1, -0.05) is 44.2 Å². The van der Waals surface area contributed by atoms with E-state index in [1.807, 2.05) is 0 Å². The molecule has 0 aliphatic heterocycles. The Kier molecular flexibility index (Phi) is 7.24. The molecule has 0 bridgehead atoms. The highest BCUT2D eigenvalue weighted by atomic mass is 19.4. The minimum absolute atomic E-state index is 0.0299. The molecule has 0 saturated heterocycles. The zero-order valence-electron chi connectivity index (χ0n) is 16.9. The van der Waals surface area contributed by atoms with E-state index in [0.717, 1.165) is 29.8 Å². The largest absolute Gasteiger partial charge is 0.416 e. The molecule has 1 aliphatic carbocycles. The number of hydrogen-bond acceptors (Lipinski definition) is 3. The van der Waals surface area contributed by atoms with Crippen LogP contribution < -0.4 is 16.4 Å². The number of amides is 1. The van der Waals surface area contributed by atoms with Crippen LogP contribution in [0.25, 0.3) is 0 Å². The van der Waals surface area contributed by atoms with Crippen molar-refractivity contribution in [3.8, 4) is 0 Å². The maximum atomic E-state index is 12.6. The lowest BCUT2D eigenvalue weighted by Gasteiger charge is -2.21. The van der Waals surface area contributed by atoms with Crippen molar-refractivity contribution in [3.05, 3.63) is 53.6 Å². The zero-order valence-corrected chi connectivity index (χ0v) is 16.9. The normalized spacial score (nSPS) is 15.0. The van der Waals surface area contributed by atoms with E-state index in [2.05, 4.69) is 10.6 Å². The molecule has 1 saturated carbocycles. The number of nitrogens with one attached hydrogen (secondary N) is 2. The van der Waals surface area contributed by atoms with Gasteiger partial charge in [0.1, 0.15) is 0 Å². The van der Waals surface area contributed by atoms with E-state index < -0.39 is 11.7 Å². The highest BCUT2D eigenvalue weighted by Crippen LogP contribution is 2.30. The van der Waals surface area contributed by atoms with Crippen LogP contribution in [0.1, 0.15) is 56.1 Å². The second kappa shape index (κ2) is 9.87. The van der Waals surface area contributed by atoms with E-state index in [9.17, 15) is 18.0 Å². The number of rotatable bonds is 7. The van der Waals surface area contributed by atoms with Crippen LogP contribution in [0.15, 0.2) is 42.5 Å². The van der Waals surface area contributed by atoms with Crippen LogP contribution in [0.2, 0.25) is 0 Å². The van der Waals surface area contributed by atoms with Gasteiger partial charge < -0.3 is 16.4 Å². The average Bonchev–Trinajstić information content (AvgIpc) is 2.73. The summed E-state index contributed by atoms with van der Waals surface area (Å²) in [6, 6.07) is 10.3. The number of carbonyl (C=O) groups excluding carboxylic acids is 1. The summed E-state index contributed by atoms with van der Waals surface area (Å²) in [5.41, 5.74) is 7.87. The summed E-state index contributed by atoms with van der Waals surface area (Å²) in [5, 5.41) is 6.01. The van der Waals surface area contributed by atoms with Gasteiger partial charge in [-0.2, -0.15) is 13.2 Å². The third-order valence-corrected chi connectivity index (χ3v) is 5.61. The van der Waals surface area contributed by atoms with E-state index in [1.165, 1.54) is 44.2 Å². The molecule has 0 heterocycles. The number of nitrogen functional groups attached to an aromatic ring is 1. The fourth-order valence-electron chi connectivity index (χ4n) is 3.83. The predicted octanol–water partition coefficient (Wildman–Crippen LogP) is 6.20. The SMILES string of the molecule is Nc1cc(NCc2ccc(C(F)(F)F)cc2)ccc1NC(=O)CCC1CCCCC1. The van der Waals surface area contributed by atoms with Crippen LogP contribution in [0.5, 0.6) is 0 Å². The van der Waals surface area contributed by atoms with Gasteiger partial charge in [0.05, 0.1) is 16.9 Å². The Morgan fingerprint density at radius 1 is 1.03 bits per heavy atom. The topological polar surface area (TPSA) is 67.2 Å². The van der Waals surface area contributed by atoms with E-state index in [1.54, 1.807) is 18.2 Å². The van der Waals surface area contributed by atoms with Crippen molar-refractivity contribution in [1.82, 2.24) is 0 Å². The number of alkyl halides is 3. The van der Waals surface area contributed by atoms with Gasteiger partial charge >= 0.3 is 6.18 Å². The molecule has 0 unspecified atom stereocenters. The lowest BCUT2D eigenvalue weighted by Crippen LogP contribution is -2.15. The summed E-state index contributed by atoms with van der Waals surface area (Å²) in [4.78, 5) is 12.2. The van der Waals surface area contributed by atoms with Crippen LogP contribution in [0, 0.1) is 5.92 Å². The molecule has 4 N–H and O–H groups in total. The Morgan fingerprint density at radius 2 is 1.73 bits per heavy atom. The standard InChI is InChI=1S/C23H28F3N3O/c24-23(25,26)18-9-6-17(7-10-18)15-28-19-11-12-21(20(27)14-19)29-22(30)13-8-16-4-2-1-3-5-16/h6-7,9-12,14,16,28H,1-5,8,13,15,27H2,(H,29,30). The molecule has 0 atom stereocenters. The molecule has 0 aromatic heterocycles. The second-order valence-corrected chi connectivity index (χ2v) is 7.94. The number of carbonyl (C=O) groups is 1. The molecule has 2 aromatic rings. The number of benzene rings is 2. The fraction of sp³-hybridized carbons (Fsp3) is 0.435. The maximum absolute atomic E-state index is 12.6. The first kappa shape index (κ1) is 22.0. The third-order valence-electron chi connectivity index (χ3n) is 5.61. The van der Waals surface area contributed by atoms with Crippen molar-refractivity contribution in [3.63, 3.8) is 0 Å². The zero-order chi connectivity index (χ0) is 21.6. The molecule has 1 aliphatic rings. The van der Waals surface area contributed by atoms with Gasteiger partial charge in [0, 0.05) is 18.7 Å². The van der Waals surface area contributed by atoms with Gasteiger partial charge in [-0.3, -0.25) is 4.79 Å². The van der Waals surface area contributed by atoms with Gasteiger partial charge in [0.25, 0.3) is 0 Å². The Bertz CT molecular complexity index is 844. The summed E-state index contributed by atoms with van der Waals surface area (Å²) < 4.78 is 37.9. The van der Waals surface area contributed by atoms with Crippen LogP contribution in [0.4, 0.5) is 30.2 Å². The highest BCUT2D eigenvalue weighted by molar-refractivity contribution is 5.94. The van der Waals surface area contributed by atoms with E-state index in [-0.39, 0.29) is 5.91 Å². The minimum atomic E-state index is -4.34. The molecule has 1 fully saturated rings. The third kappa shape index (κ3) is 6.40. The number of hydrogen-bond donors (Lipinski definition) is 3. The molecule has 30 heavy (non-hydrogen) atoms. The Labute approximate surface area is 175 Å². The number of nitrogens with two attached hydrogens (primary N) is 1. The Morgan fingerprint density at radius 3 is 2.37 bits per heavy atom. The number of anilines is 3. The monoisotopic (exact) mass is 419 g/mol. The van der Waals surface area contributed by atoms with Crippen LogP contribution in [0.3, 0.4) is 0 Å². The molecule has 4 nitrogen and oxygen atoms in total. The first-order valence-electron chi connectivity index (χ1n) is 10.4. The molecule has 0 spiro atoms. The van der Waals surface area contributed by atoms with Gasteiger partial charge in [-0.05, 0) is 48.2 Å². The lowest BCUT2D eigenvalue weighted by molar-refractivity contribution is -0.137. The summed E-state index contributed by atoms with van der Waals surface area (Å²) in [5.74, 6) is 0.622. The molecule has 3 rings (SSSR count). The summed E-state index contributed by atoms with van der Waals surface area (Å²) >= 11 is 0. The molecule has 2 aromatic carbocycles. The first-order valence-corrected chi connectivity index (χ1v) is 10.4. The van der Waals surface area contributed by atoms with Gasteiger partial charge in [0.15, 0.2) is 0 Å². The summed E-state index contributed by atoms with van der Waals surface area (Å²) in [6.45, 7) is 0.366. The van der Waals surface area contributed by atoms with Gasteiger partial charge in [-0.25, -0.2) is 0 Å². The van der Waals surface area contributed by atoms with Crippen molar-refractivity contribution in [2.75, 3.05) is 16.4 Å². The molecule has 1 amide bonds. The average molecular weight is 419 g/mol. The van der Waals surface area contributed by atoms with Crippen molar-refractivity contribution in [2.24, 2.45) is 5.92 Å². The Hall–Kier alpha value is -2.70. The van der Waals surface area contributed by atoms with E-state index in [4.69, 9.17) is 5.73 Å². The van der Waals surface area contributed by atoms with Crippen molar-refractivity contribution in [2.45, 2.75) is 57.7 Å². The van der Waals surface area contributed by atoms with Crippen molar-refractivity contribution < 1.29 is 18.0 Å². The fourth-order valence-corrected chi connectivity index (χ4v) is 3.83. The van der Waals surface area contributed by atoms with Crippen molar-refractivity contribution >= 4 is 23.0 Å². The van der Waals surface area contributed by atoms with E-state index >= 15 is 0 Å². The second-order valence-electron chi connectivity index (χ2n) is 7.94. The van der Waals surface area contributed by atoms with Crippen LogP contribution in [-0.2, 0) is 17.5 Å². The predicted molar refractivity (Wildman–Crippen MR) is 114 cm³/mol. The number of halogens is 3. The lowest BCUT2D eigenvalue weighted by atomic mass is 9.86. The van der Waals surface area contributed by atoms with E-state index in [0.29, 0.717) is 30.3 Å². The Balaban J connectivity index is 1.49. The minimum Gasteiger partial charge on any atom is -0.397 e. The molecule has 0 radical (unpaired) electrons. The van der Waals surface area contributed by atoms with Gasteiger partial charge in [-0.15, -0.1) is 0 Å². The summed E-state index contributed by atoms with van der Waals surface area (Å²) in [6.07, 6.45) is 3.34. The van der Waals surface area contributed by atoms with Crippen molar-refractivity contribution in [1.29, 1.82) is 0 Å². The smallest absolute Gasteiger partial charge is 0.397 e.